The van der Waals surface area contributed by atoms with E-state index in [4.69, 9.17) is 11.6 Å². The molecule has 1 aromatic carbocycles. The molecule has 1 N–H and O–H groups in total. The Morgan fingerprint density at radius 1 is 1.33 bits per heavy atom. The second kappa shape index (κ2) is 5.78. The van der Waals surface area contributed by atoms with Gasteiger partial charge in [-0.2, -0.15) is 0 Å². The number of pyridine rings is 1. The van der Waals surface area contributed by atoms with E-state index in [2.05, 4.69) is 20.9 Å². The number of nitrogens with zero attached hydrogens (tertiary/aromatic N) is 1. The van der Waals surface area contributed by atoms with Crippen LogP contribution in [0.2, 0.25) is 5.15 Å². The molecule has 2 rings (SSSR count). The van der Waals surface area contributed by atoms with E-state index in [-0.39, 0.29) is 5.82 Å². The molecule has 0 bridgehead atoms. The summed E-state index contributed by atoms with van der Waals surface area (Å²) >= 11 is 9.00. The number of benzene rings is 1. The molecule has 0 radical (unpaired) electrons. The summed E-state index contributed by atoms with van der Waals surface area (Å²) in [5.41, 5.74) is 1.35. The molecule has 5 heteroatoms. The number of rotatable bonds is 3. The van der Waals surface area contributed by atoms with Gasteiger partial charge in [0.2, 0.25) is 0 Å². The van der Waals surface area contributed by atoms with Gasteiger partial charge in [0.25, 0.3) is 0 Å². The first-order valence-corrected chi connectivity index (χ1v) is 6.47. The first-order valence-electron chi connectivity index (χ1n) is 5.29. The van der Waals surface area contributed by atoms with Crippen LogP contribution in [0.4, 0.5) is 4.39 Å². The smallest absolute Gasteiger partial charge is 0.129 e. The largest absolute Gasteiger partial charge is 0.388 e. The third-order valence-electron chi connectivity index (χ3n) is 2.56. The van der Waals surface area contributed by atoms with Gasteiger partial charge >= 0.3 is 0 Å². The minimum Gasteiger partial charge on any atom is -0.388 e. The monoisotopic (exact) mass is 329 g/mol. The summed E-state index contributed by atoms with van der Waals surface area (Å²) in [5, 5.41) is 10.4. The Kier molecular flexibility index (Phi) is 4.32. The van der Waals surface area contributed by atoms with Crippen molar-refractivity contribution in [3.05, 3.63) is 63.1 Å². The van der Waals surface area contributed by atoms with Gasteiger partial charge in [-0.15, -0.1) is 0 Å². The highest BCUT2D eigenvalue weighted by Gasteiger charge is 2.12. The molecule has 1 heterocycles. The summed E-state index contributed by atoms with van der Waals surface area (Å²) < 4.78 is 13.9. The average Bonchev–Trinajstić information content (AvgIpc) is 2.34. The summed E-state index contributed by atoms with van der Waals surface area (Å²) in [6, 6.07) is 7.70. The normalized spacial score (nSPS) is 12.4. The van der Waals surface area contributed by atoms with Crippen molar-refractivity contribution in [1.29, 1.82) is 0 Å². The third-order valence-corrected chi connectivity index (χ3v) is 3.55. The lowest BCUT2D eigenvalue weighted by Crippen LogP contribution is -2.03. The highest BCUT2D eigenvalue weighted by Crippen LogP contribution is 2.24. The van der Waals surface area contributed by atoms with E-state index in [1.165, 1.54) is 18.3 Å². The Bertz CT molecular complexity index is 547. The molecule has 1 atom stereocenters. The van der Waals surface area contributed by atoms with E-state index < -0.39 is 6.10 Å². The zero-order valence-electron chi connectivity index (χ0n) is 9.28. The molecule has 0 aliphatic rings. The van der Waals surface area contributed by atoms with E-state index in [9.17, 15) is 9.50 Å². The van der Waals surface area contributed by atoms with E-state index in [1.54, 1.807) is 18.2 Å². The summed E-state index contributed by atoms with van der Waals surface area (Å²) in [6.07, 6.45) is 1.08. The van der Waals surface area contributed by atoms with Crippen LogP contribution in [-0.4, -0.2) is 10.1 Å². The van der Waals surface area contributed by atoms with E-state index in [0.717, 1.165) is 4.47 Å². The van der Waals surface area contributed by atoms with Crippen molar-refractivity contribution in [3.8, 4) is 0 Å². The van der Waals surface area contributed by atoms with Crippen LogP contribution in [0.5, 0.6) is 0 Å². The molecule has 2 nitrogen and oxygen atoms in total. The van der Waals surface area contributed by atoms with Crippen LogP contribution in [0, 0.1) is 5.82 Å². The van der Waals surface area contributed by atoms with E-state index in [0.29, 0.717) is 22.7 Å². The molecule has 0 saturated heterocycles. The molecule has 94 valence electrons. The van der Waals surface area contributed by atoms with Crippen LogP contribution in [0.1, 0.15) is 17.2 Å². The second-order valence-corrected chi connectivity index (χ2v) is 5.11. The molecule has 2 aromatic rings. The first kappa shape index (κ1) is 13.5. The van der Waals surface area contributed by atoms with Gasteiger partial charge in [-0.05, 0) is 35.4 Å². The van der Waals surface area contributed by atoms with Gasteiger partial charge in [-0.25, -0.2) is 9.37 Å². The van der Waals surface area contributed by atoms with Crippen LogP contribution < -0.4 is 0 Å². The molecule has 1 aromatic heterocycles. The SMILES string of the molecule is OC(Cc1cc(F)ccc1Br)c1ccc(Cl)nc1. The summed E-state index contributed by atoms with van der Waals surface area (Å²) in [4.78, 5) is 3.90. The second-order valence-electron chi connectivity index (χ2n) is 3.87. The molecule has 0 amide bonds. The lowest BCUT2D eigenvalue weighted by Gasteiger charge is -2.12. The first-order chi connectivity index (χ1) is 8.56. The standard InChI is InChI=1S/C13H10BrClFNO/c14-11-3-2-10(16)5-9(11)6-12(18)8-1-4-13(15)17-7-8/h1-5,7,12,18H,6H2. The maximum absolute atomic E-state index is 13.1. The summed E-state index contributed by atoms with van der Waals surface area (Å²) in [5.74, 6) is -0.324. The lowest BCUT2D eigenvalue weighted by atomic mass is 10.0. The molecule has 0 spiro atoms. The maximum atomic E-state index is 13.1. The minimum absolute atomic E-state index is 0.307. The number of hydrogen-bond acceptors (Lipinski definition) is 2. The van der Waals surface area contributed by atoms with Crippen LogP contribution in [-0.2, 0) is 6.42 Å². The van der Waals surface area contributed by atoms with Gasteiger partial charge in [0.15, 0.2) is 0 Å². The molecule has 18 heavy (non-hydrogen) atoms. The fourth-order valence-corrected chi connectivity index (χ4v) is 2.13. The number of aliphatic hydroxyl groups is 1. The van der Waals surface area contributed by atoms with Crippen molar-refractivity contribution < 1.29 is 9.50 Å². The van der Waals surface area contributed by atoms with Crippen LogP contribution in [0.15, 0.2) is 41.0 Å². The Labute approximate surface area is 118 Å². The topological polar surface area (TPSA) is 33.1 Å². The summed E-state index contributed by atoms with van der Waals surface area (Å²) in [6.45, 7) is 0. The van der Waals surface area contributed by atoms with Crippen molar-refractivity contribution in [1.82, 2.24) is 4.98 Å². The van der Waals surface area contributed by atoms with Crippen LogP contribution in [0.25, 0.3) is 0 Å². The van der Waals surface area contributed by atoms with E-state index in [1.807, 2.05) is 0 Å². The quantitative estimate of drug-likeness (QED) is 0.866. The molecule has 0 aliphatic carbocycles. The molecular formula is C13H10BrClFNO. The lowest BCUT2D eigenvalue weighted by molar-refractivity contribution is 0.178. The molecular weight excluding hydrogens is 321 g/mol. The van der Waals surface area contributed by atoms with Gasteiger partial charge in [-0.3, -0.25) is 0 Å². The highest BCUT2D eigenvalue weighted by atomic mass is 79.9. The fraction of sp³-hybridized carbons (Fsp3) is 0.154. The van der Waals surface area contributed by atoms with Gasteiger partial charge in [0.1, 0.15) is 11.0 Å². The zero-order chi connectivity index (χ0) is 13.1. The number of aliphatic hydroxyl groups excluding tert-OH is 1. The number of hydrogen-bond donors (Lipinski definition) is 1. The van der Waals surface area contributed by atoms with Crippen LogP contribution >= 0.6 is 27.5 Å². The third kappa shape index (κ3) is 3.28. The predicted molar refractivity (Wildman–Crippen MR) is 72.0 cm³/mol. The fourth-order valence-electron chi connectivity index (χ4n) is 1.61. The summed E-state index contributed by atoms with van der Waals surface area (Å²) in [7, 11) is 0. The number of aromatic nitrogens is 1. The van der Waals surface area contributed by atoms with Gasteiger partial charge in [0, 0.05) is 17.1 Å². The van der Waals surface area contributed by atoms with Crippen molar-refractivity contribution >= 4 is 27.5 Å². The predicted octanol–water partition coefficient (Wildman–Crippen LogP) is 3.91. The van der Waals surface area contributed by atoms with Gasteiger partial charge < -0.3 is 5.11 Å². The average molecular weight is 331 g/mol. The number of halogens is 3. The Morgan fingerprint density at radius 2 is 2.11 bits per heavy atom. The van der Waals surface area contributed by atoms with Crippen molar-refractivity contribution in [2.45, 2.75) is 12.5 Å². The zero-order valence-corrected chi connectivity index (χ0v) is 11.6. The van der Waals surface area contributed by atoms with Crippen molar-refractivity contribution in [2.75, 3.05) is 0 Å². The molecule has 1 unspecified atom stereocenters. The Balaban J connectivity index is 2.18. The molecule has 0 aliphatic heterocycles. The Morgan fingerprint density at radius 3 is 2.78 bits per heavy atom. The van der Waals surface area contributed by atoms with Crippen molar-refractivity contribution in [3.63, 3.8) is 0 Å². The van der Waals surface area contributed by atoms with Gasteiger partial charge in [-0.1, -0.05) is 33.6 Å². The van der Waals surface area contributed by atoms with Crippen LogP contribution in [0.3, 0.4) is 0 Å². The van der Waals surface area contributed by atoms with E-state index >= 15 is 0 Å². The minimum atomic E-state index is -0.743. The molecule has 0 fully saturated rings. The maximum Gasteiger partial charge on any atom is 0.129 e. The highest BCUT2D eigenvalue weighted by molar-refractivity contribution is 9.10. The molecule has 0 saturated carbocycles. The Hall–Kier alpha value is -0.970. The van der Waals surface area contributed by atoms with Crippen molar-refractivity contribution in [2.24, 2.45) is 0 Å². The van der Waals surface area contributed by atoms with Gasteiger partial charge in [0.05, 0.1) is 6.10 Å².